The predicted molar refractivity (Wildman–Crippen MR) is 87.0 cm³/mol. The number of hydrogen-bond acceptors (Lipinski definition) is 4. The number of ether oxygens (including phenoxy) is 1. The van der Waals surface area contributed by atoms with E-state index < -0.39 is 5.72 Å². The van der Waals surface area contributed by atoms with E-state index in [4.69, 9.17) is 9.57 Å². The summed E-state index contributed by atoms with van der Waals surface area (Å²) in [4.78, 5) is 9.12. The number of fused-ring (bicyclic) bond motifs is 1. The fourth-order valence-electron chi connectivity index (χ4n) is 4.56. The third-order valence-corrected chi connectivity index (χ3v) is 5.66. The summed E-state index contributed by atoms with van der Waals surface area (Å²) in [6, 6.07) is 10.5. The van der Waals surface area contributed by atoms with Crippen LogP contribution in [0.25, 0.3) is 0 Å². The molecule has 0 radical (unpaired) electrons. The van der Waals surface area contributed by atoms with Crippen molar-refractivity contribution in [3.63, 3.8) is 0 Å². The summed E-state index contributed by atoms with van der Waals surface area (Å²) in [5.41, 5.74) is 1.56. The molecule has 1 saturated carbocycles. The highest BCUT2D eigenvalue weighted by molar-refractivity contribution is 5.85. The second-order valence-electron chi connectivity index (χ2n) is 6.88. The topological polar surface area (TPSA) is 47.8 Å². The Morgan fingerprint density at radius 3 is 2.70 bits per heavy atom. The van der Waals surface area contributed by atoms with Gasteiger partial charge in [-0.15, -0.1) is 0 Å². The zero-order chi connectivity index (χ0) is 15.9. The van der Waals surface area contributed by atoms with E-state index >= 15 is 0 Å². The molecule has 3 atom stereocenters. The summed E-state index contributed by atoms with van der Waals surface area (Å²) in [6.07, 6.45) is 3.00. The van der Waals surface area contributed by atoms with Gasteiger partial charge in [0.15, 0.2) is 0 Å². The molecule has 4 rings (SSSR count). The van der Waals surface area contributed by atoms with Gasteiger partial charge in [0.2, 0.25) is 5.71 Å². The van der Waals surface area contributed by atoms with Crippen molar-refractivity contribution in [1.29, 1.82) is 0 Å². The van der Waals surface area contributed by atoms with Crippen LogP contribution >= 0.6 is 0 Å². The number of morpholine rings is 1. The van der Waals surface area contributed by atoms with Crippen molar-refractivity contribution >= 4 is 5.71 Å². The molecule has 2 aliphatic heterocycles. The van der Waals surface area contributed by atoms with Gasteiger partial charge >= 0.3 is 0 Å². The SMILES string of the molecule is CC1(N2CCOCC2)O[N+]([O-])=C2CCCC2C1c1ccccc1. The van der Waals surface area contributed by atoms with Crippen LogP contribution in [0.15, 0.2) is 30.3 Å². The van der Waals surface area contributed by atoms with Crippen LogP contribution in [0.3, 0.4) is 0 Å². The molecule has 0 spiro atoms. The van der Waals surface area contributed by atoms with Gasteiger partial charge in [0.05, 0.1) is 19.1 Å². The third-order valence-electron chi connectivity index (χ3n) is 5.66. The van der Waals surface area contributed by atoms with Crippen LogP contribution in [0.4, 0.5) is 0 Å². The van der Waals surface area contributed by atoms with Gasteiger partial charge in [-0.05, 0) is 25.3 Å². The summed E-state index contributed by atoms with van der Waals surface area (Å²) in [5.74, 6) is 0.459. The van der Waals surface area contributed by atoms with Gasteiger partial charge in [0, 0.05) is 30.3 Å². The van der Waals surface area contributed by atoms with Gasteiger partial charge in [-0.1, -0.05) is 30.3 Å². The van der Waals surface area contributed by atoms with Gasteiger partial charge in [-0.3, -0.25) is 10.1 Å². The monoisotopic (exact) mass is 316 g/mol. The first-order valence-electron chi connectivity index (χ1n) is 8.60. The van der Waals surface area contributed by atoms with Crippen molar-refractivity contribution in [2.45, 2.75) is 37.8 Å². The average Bonchev–Trinajstić information content (AvgIpc) is 3.06. The summed E-state index contributed by atoms with van der Waals surface area (Å²) in [5, 5.41) is 12.5. The van der Waals surface area contributed by atoms with Crippen LogP contribution in [-0.4, -0.2) is 47.5 Å². The maximum absolute atomic E-state index is 12.5. The predicted octanol–water partition coefficient (Wildman–Crippen LogP) is 2.52. The van der Waals surface area contributed by atoms with Crippen molar-refractivity contribution in [2.24, 2.45) is 5.92 Å². The molecular formula is C18H24N2O3. The van der Waals surface area contributed by atoms with Crippen molar-refractivity contribution in [3.05, 3.63) is 41.1 Å². The van der Waals surface area contributed by atoms with Crippen LogP contribution in [0, 0.1) is 11.1 Å². The van der Waals surface area contributed by atoms with E-state index in [0.717, 1.165) is 43.0 Å². The summed E-state index contributed by atoms with van der Waals surface area (Å²) in [6.45, 7) is 5.07. The Balaban J connectivity index is 1.79. The lowest BCUT2D eigenvalue weighted by molar-refractivity contribution is -0.782. The molecule has 5 heteroatoms. The van der Waals surface area contributed by atoms with Gasteiger partial charge in [-0.2, -0.15) is 0 Å². The molecule has 3 unspecified atom stereocenters. The summed E-state index contributed by atoms with van der Waals surface area (Å²) >= 11 is 0. The molecule has 1 aromatic rings. The van der Waals surface area contributed by atoms with Crippen molar-refractivity contribution in [2.75, 3.05) is 26.3 Å². The summed E-state index contributed by atoms with van der Waals surface area (Å²) < 4.78 is 5.50. The quantitative estimate of drug-likeness (QED) is 0.787. The molecule has 0 amide bonds. The summed E-state index contributed by atoms with van der Waals surface area (Å²) in [7, 11) is 0. The maximum Gasteiger partial charge on any atom is 0.225 e. The fraction of sp³-hybridized carbons (Fsp3) is 0.611. The van der Waals surface area contributed by atoms with Crippen LogP contribution in [0.2, 0.25) is 0 Å². The van der Waals surface area contributed by atoms with Gasteiger partial charge in [0.1, 0.15) is 5.72 Å². The van der Waals surface area contributed by atoms with Crippen molar-refractivity contribution in [3.8, 4) is 0 Å². The second-order valence-corrected chi connectivity index (χ2v) is 6.88. The molecule has 0 aromatic heterocycles. The molecule has 23 heavy (non-hydrogen) atoms. The number of hydrogen-bond donors (Lipinski definition) is 0. The molecule has 1 saturated heterocycles. The lowest BCUT2D eigenvalue weighted by Gasteiger charge is -2.52. The molecule has 124 valence electrons. The molecule has 5 nitrogen and oxygen atoms in total. The zero-order valence-electron chi connectivity index (χ0n) is 13.6. The number of benzene rings is 1. The molecule has 0 bridgehead atoms. The number of rotatable bonds is 2. The zero-order valence-corrected chi connectivity index (χ0v) is 13.6. The Morgan fingerprint density at radius 1 is 1.22 bits per heavy atom. The molecule has 2 fully saturated rings. The van der Waals surface area contributed by atoms with E-state index in [9.17, 15) is 5.21 Å². The van der Waals surface area contributed by atoms with E-state index in [-0.39, 0.29) is 11.8 Å². The first-order chi connectivity index (χ1) is 11.2. The molecular weight excluding hydrogens is 292 g/mol. The Labute approximate surface area is 137 Å². The second kappa shape index (κ2) is 5.80. The Hall–Kier alpha value is -1.59. The van der Waals surface area contributed by atoms with Gasteiger partial charge in [-0.25, -0.2) is 0 Å². The lowest BCUT2D eigenvalue weighted by atomic mass is 9.75. The van der Waals surface area contributed by atoms with Crippen LogP contribution in [0.1, 0.15) is 37.7 Å². The minimum absolute atomic E-state index is 0.185. The lowest BCUT2D eigenvalue weighted by Crippen LogP contribution is -2.61. The van der Waals surface area contributed by atoms with Crippen molar-refractivity contribution in [1.82, 2.24) is 4.90 Å². The first kappa shape index (κ1) is 15.0. The molecule has 1 aromatic carbocycles. The van der Waals surface area contributed by atoms with E-state index in [2.05, 4.69) is 36.1 Å². The highest BCUT2D eigenvalue weighted by atomic mass is 16.9. The van der Waals surface area contributed by atoms with Crippen molar-refractivity contribution < 1.29 is 14.5 Å². The highest BCUT2D eigenvalue weighted by Gasteiger charge is 2.54. The average molecular weight is 316 g/mol. The Morgan fingerprint density at radius 2 is 1.96 bits per heavy atom. The normalized spacial score (nSPS) is 35.0. The van der Waals surface area contributed by atoms with Crippen LogP contribution in [-0.2, 0) is 9.57 Å². The molecule has 0 N–H and O–H groups in total. The first-order valence-corrected chi connectivity index (χ1v) is 8.60. The third kappa shape index (κ3) is 2.42. The Bertz CT molecular complexity index is 598. The number of nitrogens with zero attached hydrogens (tertiary/aromatic N) is 2. The minimum atomic E-state index is -0.620. The fourth-order valence-corrected chi connectivity index (χ4v) is 4.56. The standard InChI is InChI=1S/C18H24N2O3/c1-18(19-10-12-22-13-11-19)17(14-6-3-2-4-7-14)15-8-5-9-16(15)20(21)23-18/h2-4,6-7,15,17H,5,8-13H2,1H3. The van der Waals surface area contributed by atoms with E-state index in [0.29, 0.717) is 13.2 Å². The van der Waals surface area contributed by atoms with Gasteiger partial charge in [0.25, 0.3) is 0 Å². The van der Waals surface area contributed by atoms with Crippen LogP contribution in [0.5, 0.6) is 0 Å². The molecule has 1 aliphatic carbocycles. The Kier molecular flexibility index (Phi) is 3.77. The van der Waals surface area contributed by atoms with E-state index in [1.54, 1.807) is 0 Å². The molecule has 2 heterocycles. The highest BCUT2D eigenvalue weighted by Crippen LogP contribution is 2.48. The maximum atomic E-state index is 12.5. The van der Waals surface area contributed by atoms with E-state index in [1.807, 2.05) is 6.07 Å². The molecule has 3 aliphatic rings. The minimum Gasteiger partial charge on any atom is -0.381 e. The van der Waals surface area contributed by atoms with Gasteiger partial charge < -0.3 is 9.57 Å². The van der Waals surface area contributed by atoms with Crippen LogP contribution < -0.4 is 0 Å². The smallest absolute Gasteiger partial charge is 0.225 e. The van der Waals surface area contributed by atoms with E-state index in [1.165, 1.54) is 5.56 Å². The largest absolute Gasteiger partial charge is 0.381 e.